The average Bonchev–Trinajstić information content (AvgIpc) is 2.25. The molecule has 0 aliphatic heterocycles. The second kappa shape index (κ2) is 6.03. The van der Waals surface area contributed by atoms with Crippen molar-refractivity contribution in [1.29, 1.82) is 0 Å². The number of carbonyl (C=O) groups excluding carboxylic acids is 1. The van der Waals surface area contributed by atoms with Crippen LogP contribution in [0.5, 0.6) is 0 Å². The summed E-state index contributed by atoms with van der Waals surface area (Å²) in [4.78, 5) is 15.8. The van der Waals surface area contributed by atoms with Gasteiger partial charge >= 0.3 is 0 Å². The van der Waals surface area contributed by atoms with Crippen LogP contribution in [-0.2, 0) is 4.79 Å². The Bertz CT molecular complexity index is 286. The van der Waals surface area contributed by atoms with Gasteiger partial charge in [0.15, 0.2) is 0 Å². The number of carbonyl (C=O) groups is 1. The Labute approximate surface area is 104 Å². The second-order valence-corrected chi connectivity index (χ2v) is 5.87. The van der Waals surface area contributed by atoms with Gasteiger partial charge in [0, 0.05) is 11.5 Å². The lowest BCUT2D eigenvalue weighted by Gasteiger charge is -2.22. The zero-order valence-corrected chi connectivity index (χ0v) is 11.3. The van der Waals surface area contributed by atoms with E-state index in [9.17, 15) is 4.79 Å². The molecule has 0 aromatic heterocycles. The Morgan fingerprint density at radius 2 is 1.88 bits per heavy atom. The largest absolute Gasteiger partial charge is 0.387 e. The van der Waals surface area contributed by atoms with E-state index in [-0.39, 0.29) is 18.0 Å². The van der Waals surface area contributed by atoms with Gasteiger partial charge in [0.1, 0.15) is 6.54 Å². The molecule has 0 spiro atoms. The Kier molecular flexibility index (Phi) is 4.97. The molecule has 1 fully saturated rings. The summed E-state index contributed by atoms with van der Waals surface area (Å²) in [6.45, 7) is 6.02. The second-order valence-electron chi connectivity index (χ2n) is 5.87. The number of aliphatic imine (C=N–C) groups is 1. The van der Waals surface area contributed by atoms with E-state index in [1.165, 1.54) is 19.3 Å². The van der Waals surface area contributed by atoms with Gasteiger partial charge < -0.3 is 11.1 Å². The van der Waals surface area contributed by atoms with Crippen LogP contribution >= 0.6 is 0 Å². The lowest BCUT2D eigenvalue weighted by atomic mass is 9.88. The summed E-state index contributed by atoms with van der Waals surface area (Å²) < 4.78 is 0. The highest BCUT2D eigenvalue weighted by molar-refractivity contribution is 5.86. The van der Waals surface area contributed by atoms with Crippen molar-refractivity contribution in [3.8, 4) is 0 Å². The van der Waals surface area contributed by atoms with E-state index in [1.54, 1.807) is 0 Å². The van der Waals surface area contributed by atoms with E-state index >= 15 is 0 Å². The van der Waals surface area contributed by atoms with E-state index < -0.39 is 0 Å². The summed E-state index contributed by atoms with van der Waals surface area (Å²) in [5, 5.41) is 2.88. The quantitative estimate of drug-likeness (QED) is 0.583. The van der Waals surface area contributed by atoms with Crippen molar-refractivity contribution >= 4 is 11.7 Å². The molecule has 0 heterocycles. The van der Waals surface area contributed by atoms with Crippen LogP contribution in [-0.4, -0.2) is 23.8 Å². The molecular weight excluding hydrogens is 214 g/mol. The van der Waals surface area contributed by atoms with E-state index in [0.717, 1.165) is 12.8 Å². The van der Waals surface area contributed by atoms with Crippen LogP contribution < -0.4 is 11.1 Å². The lowest BCUT2D eigenvalue weighted by Crippen LogP contribution is -2.42. The van der Waals surface area contributed by atoms with Crippen molar-refractivity contribution in [2.45, 2.75) is 58.4 Å². The molecule has 1 rings (SSSR count). The fourth-order valence-electron chi connectivity index (χ4n) is 2.15. The van der Waals surface area contributed by atoms with Crippen LogP contribution in [0.1, 0.15) is 52.9 Å². The summed E-state index contributed by atoms with van der Waals surface area (Å²) >= 11 is 0. The lowest BCUT2D eigenvalue weighted by molar-refractivity contribution is -0.121. The normalized spacial score (nSPS) is 19.1. The van der Waals surface area contributed by atoms with Crippen LogP contribution in [0.2, 0.25) is 0 Å². The number of hydrogen-bond acceptors (Lipinski definition) is 2. The molecular formula is C13H25N3O. The molecule has 0 atom stereocenters. The van der Waals surface area contributed by atoms with Crippen molar-refractivity contribution < 1.29 is 4.79 Å². The van der Waals surface area contributed by atoms with Gasteiger partial charge in [-0.1, -0.05) is 19.3 Å². The third kappa shape index (κ3) is 5.71. The number of nitrogens with two attached hydrogens (primary N) is 1. The zero-order valence-electron chi connectivity index (χ0n) is 11.3. The molecule has 1 aliphatic rings. The minimum atomic E-state index is -0.202. The number of amides is 1. The maximum Gasteiger partial charge on any atom is 0.242 e. The number of nitrogens with zero attached hydrogens (tertiary/aromatic N) is 1. The molecule has 0 saturated heterocycles. The number of rotatable bonds is 3. The topological polar surface area (TPSA) is 67.5 Å². The van der Waals surface area contributed by atoms with Gasteiger partial charge in [-0.3, -0.25) is 9.79 Å². The summed E-state index contributed by atoms with van der Waals surface area (Å²) in [7, 11) is 0. The van der Waals surface area contributed by atoms with Crippen LogP contribution in [0.15, 0.2) is 4.99 Å². The highest BCUT2D eigenvalue weighted by Gasteiger charge is 2.18. The highest BCUT2D eigenvalue weighted by Crippen LogP contribution is 2.23. The predicted octanol–water partition coefficient (Wildman–Crippen LogP) is 1.84. The van der Waals surface area contributed by atoms with Gasteiger partial charge in [-0.2, -0.15) is 0 Å². The van der Waals surface area contributed by atoms with E-state index in [2.05, 4.69) is 10.3 Å². The summed E-state index contributed by atoms with van der Waals surface area (Å²) in [5.74, 6) is 0.996. The van der Waals surface area contributed by atoms with Gasteiger partial charge in [0.25, 0.3) is 0 Å². The molecule has 0 aromatic rings. The first-order chi connectivity index (χ1) is 7.88. The predicted molar refractivity (Wildman–Crippen MR) is 71.0 cm³/mol. The van der Waals surface area contributed by atoms with Crippen molar-refractivity contribution in [1.82, 2.24) is 5.32 Å². The van der Waals surface area contributed by atoms with Gasteiger partial charge in [0.05, 0.1) is 5.84 Å². The molecule has 0 aromatic carbocycles. The first-order valence-electron chi connectivity index (χ1n) is 6.49. The van der Waals surface area contributed by atoms with E-state index in [1.807, 2.05) is 20.8 Å². The van der Waals surface area contributed by atoms with Crippen LogP contribution in [0, 0.1) is 5.92 Å². The molecule has 17 heavy (non-hydrogen) atoms. The molecule has 4 nitrogen and oxygen atoms in total. The molecule has 0 unspecified atom stereocenters. The molecule has 0 bridgehead atoms. The summed E-state index contributed by atoms with van der Waals surface area (Å²) in [6, 6.07) is 0. The molecule has 1 amide bonds. The fraction of sp³-hybridized carbons (Fsp3) is 0.846. The van der Waals surface area contributed by atoms with Crippen molar-refractivity contribution in [2.24, 2.45) is 16.6 Å². The molecule has 0 radical (unpaired) electrons. The van der Waals surface area contributed by atoms with Crippen LogP contribution in [0.4, 0.5) is 0 Å². The molecule has 3 N–H and O–H groups in total. The molecule has 1 saturated carbocycles. The number of nitrogens with one attached hydrogen (secondary N) is 1. The Morgan fingerprint density at radius 1 is 1.29 bits per heavy atom. The number of amidine groups is 1. The van der Waals surface area contributed by atoms with E-state index in [4.69, 9.17) is 5.73 Å². The maximum atomic E-state index is 11.6. The smallest absolute Gasteiger partial charge is 0.242 e. The highest BCUT2D eigenvalue weighted by atomic mass is 16.2. The zero-order chi connectivity index (χ0) is 12.9. The first kappa shape index (κ1) is 14.0. The van der Waals surface area contributed by atoms with Gasteiger partial charge in [-0.25, -0.2) is 0 Å². The number of hydrogen-bond donors (Lipinski definition) is 2. The third-order valence-electron chi connectivity index (χ3n) is 2.94. The minimum absolute atomic E-state index is 0.0590. The van der Waals surface area contributed by atoms with Crippen molar-refractivity contribution in [3.05, 3.63) is 0 Å². The maximum absolute atomic E-state index is 11.6. The summed E-state index contributed by atoms with van der Waals surface area (Å²) in [6.07, 6.45) is 6.00. The first-order valence-corrected chi connectivity index (χ1v) is 6.49. The monoisotopic (exact) mass is 239 g/mol. The molecule has 4 heteroatoms. The van der Waals surface area contributed by atoms with Crippen LogP contribution in [0.25, 0.3) is 0 Å². The Hall–Kier alpha value is -1.06. The standard InChI is InChI=1S/C13H25N3O/c1-13(2,3)16-11(17)9-15-12(14)10-7-5-4-6-8-10/h10H,4-9H2,1-3H3,(H2,14,15)(H,16,17). The fourth-order valence-corrected chi connectivity index (χ4v) is 2.15. The summed E-state index contributed by atoms with van der Waals surface area (Å²) in [5.41, 5.74) is 5.73. The van der Waals surface area contributed by atoms with Gasteiger partial charge in [-0.05, 0) is 33.6 Å². The molecule has 1 aliphatic carbocycles. The average molecular weight is 239 g/mol. The van der Waals surface area contributed by atoms with Gasteiger partial charge in [-0.15, -0.1) is 0 Å². The third-order valence-corrected chi connectivity index (χ3v) is 2.94. The van der Waals surface area contributed by atoms with Crippen LogP contribution in [0.3, 0.4) is 0 Å². The van der Waals surface area contributed by atoms with Crippen molar-refractivity contribution in [2.75, 3.05) is 6.54 Å². The van der Waals surface area contributed by atoms with Crippen molar-refractivity contribution in [3.63, 3.8) is 0 Å². The molecule has 98 valence electrons. The Balaban J connectivity index is 2.38. The Morgan fingerprint density at radius 3 is 2.41 bits per heavy atom. The van der Waals surface area contributed by atoms with Gasteiger partial charge in [0.2, 0.25) is 5.91 Å². The minimum Gasteiger partial charge on any atom is -0.387 e. The SMILES string of the molecule is CC(C)(C)NC(=O)CN=C(N)C1CCCCC1. The van der Waals surface area contributed by atoms with E-state index in [0.29, 0.717) is 11.8 Å².